The van der Waals surface area contributed by atoms with Gasteiger partial charge in [0.2, 0.25) is 0 Å². The minimum absolute atomic E-state index is 0.0639. The van der Waals surface area contributed by atoms with E-state index in [-0.39, 0.29) is 17.7 Å². The van der Waals surface area contributed by atoms with Crippen LogP contribution in [0.15, 0.2) is 24.3 Å². The Bertz CT molecular complexity index is 440. The van der Waals surface area contributed by atoms with Gasteiger partial charge in [0, 0.05) is 17.8 Å². The highest BCUT2D eigenvalue weighted by Gasteiger charge is 2.32. The summed E-state index contributed by atoms with van der Waals surface area (Å²) in [6.45, 7) is 4.22. The molecule has 5 heteroatoms. The Morgan fingerprint density at radius 2 is 2.25 bits per heavy atom. The smallest absolute Gasteiger partial charge is 0.289 e. The Hall–Kier alpha value is -1.91. The van der Waals surface area contributed by atoms with Gasteiger partial charge in [-0.25, -0.2) is 9.97 Å². The van der Waals surface area contributed by atoms with Crippen LogP contribution in [-0.2, 0) is 4.79 Å². The van der Waals surface area contributed by atoms with E-state index in [0.717, 1.165) is 0 Å². The molecule has 0 fully saturated rings. The van der Waals surface area contributed by atoms with Gasteiger partial charge < -0.3 is 10.0 Å². The first kappa shape index (κ1) is 10.6. The number of amides is 1. The highest BCUT2D eigenvalue weighted by Crippen LogP contribution is 2.25. The molecule has 1 N–H and O–H groups in total. The Morgan fingerprint density at radius 3 is 2.75 bits per heavy atom. The molecule has 0 bridgehead atoms. The quantitative estimate of drug-likeness (QED) is 0.805. The Morgan fingerprint density at radius 1 is 1.50 bits per heavy atom. The summed E-state index contributed by atoms with van der Waals surface area (Å²) in [5.74, 6) is -0.531. The van der Waals surface area contributed by atoms with Gasteiger partial charge in [0.25, 0.3) is 5.91 Å². The Labute approximate surface area is 93.4 Å². The molecule has 0 saturated heterocycles. The molecule has 16 heavy (non-hydrogen) atoms. The van der Waals surface area contributed by atoms with Gasteiger partial charge in [-0.3, -0.25) is 4.79 Å². The first-order valence-corrected chi connectivity index (χ1v) is 5.10. The van der Waals surface area contributed by atoms with Gasteiger partial charge in [-0.15, -0.1) is 0 Å². The number of nitrogens with zero attached hydrogens (tertiary/aromatic N) is 3. The maximum Gasteiger partial charge on any atom is 0.289 e. The Balaban J connectivity index is 2.34. The van der Waals surface area contributed by atoms with Crippen molar-refractivity contribution in [3.63, 3.8) is 0 Å². The Kier molecular flexibility index (Phi) is 2.60. The van der Waals surface area contributed by atoms with E-state index in [4.69, 9.17) is 0 Å². The summed E-state index contributed by atoms with van der Waals surface area (Å²) < 4.78 is 0. The first-order chi connectivity index (χ1) is 7.61. The lowest BCUT2D eigenvalue weighted by Crippen LogP contribution is -2.33. The van der Waals surface area contributed by atoms with Crippen LogP contribution in [-0.4, -0.2) is 38.5 Å². The van der Waals surface area contributed by atoms with Crippen molar-refractivity contribution in [1.29, 1.82) is 0 Å². The van der Waals surface area contributed by atoms with Crippen LogP contribution >= 0.6 is 0 Å². The molecule has 0 unspecified atom stereocenters. The number of carbonyl (C=O) groups excluding carboxylic acids is 1. The lowest BCUT2D eigenvalue weighted by Gasteiger charge is -2.20. The fourth-order valence-electron chi connectivity index (χ4n) is 1.67. The van der Waals surface area contributed by atoms with Crippen LogP contribution in [0.1, 0.15) is 19.5 Å². The van der Waals surface area contributed by atoms with E-state index in [1.165, 1.54) is 6.33 Å². The third-order valence-electron chi connectivity index (χ3n) is 2.59. The molecule has 1 aliphatic rings. The van der Waals surface area contributed by atoms with Crippen LogP contribution in [0.5, 0.6) is 0 Å². The second-order valence-electron chi connectivity index (χ2n) is 3.95. The van der Waals surface area contributed by atoms with Gasteiger partial charge in [0.1, 0.15) is 6.33 Å². The van der Waals surface area contributed by atoms with E-state index in [0.29, 0.717) is 17.8 Å². The monoisotopic (exact) mass is 219 g/mol. The van der Waals surface area contributed by atoms with Crippen molar-refractivity contribution in [3.8, 4) is 0 Å². The maximum absolute atomic E-state index is 11.7. The number of aliphatic hydroxyl groups excluding tert-OH is 1. The molecule has 2 rings (SSSR count). The number of hydrogen-bond donors (Lipinski definition) is 1. The zero-order valence-corrected chi connectivity index (χ0v) is 9.21. The van der Waals surface area contributed by atoms with Crippen LogP contribution in [0.3, 0.4) is 0 Å². The van der Waals surface area contributed by atoms with Gasteiger partial charge in [-0.05, 0) is 19.9 Å². The second-order valence-corrected chi connectivity index (χ2v) is 3.95. The first-order valence-electron chi connectivity index (χ1n) is 5.10. The van der Waals surface area contributed by atoms with E-state index in [2.05, 4.69) is 9.97 Å². The van der Waals surface area contributed by atoms with E-state index in [9.17, 15) is 9.90 Å². The van der Waals surface area contributed by atoms with Gasteiger partial charge in [-0.2, -0.15) is 0 Å². The van der Waals surface area contributed by atoms with E-state index in [1.807, 2.05) is 13.8 Å². The summed E-state index contributed by atoms with van der Waals surface area (Å²) in [6, 6.07) is 1.75. The van der Waals surface area contributed by atoms with Gasteiger partial charge in [0.15, 0.2) is 5.76 Å². The maximum atomic E-state index is 11.7. The number of aliphatic hydroxyl groups is 1. The molecule has 84 valence electrons. The molecule has 0 aliphatic carbocycles. The van der Waals surface area contributed by atoms with Crippen LogP contribution in [0, 0.1) is 0 Å². The van der Waals surface area contributed by atoms with Gasteiger partial charge in [-0.1, -0.05) is 0 Å². The summed E-state index contributed by atoms with van der Waals surface area (Å²) in [5, 5.41) is 9.76. The summed E-state index contributed by atoms with van der Waals surface area (Å²) in [5.41, 5.74) is 1.17. The molecule has 1 aromatic rings. The molecule has 5 nitrogen and oxygen atoms in total. The average Bonchev–Trinajstić information content (AvgIpc) is 2.58. The minimum atomic E-state index is -0.330. The molecule has 1 aromatic heterocycles. The van der Waals surface area contributed by atoms with Crippen molar-refractivity contribution in [2.24, 2.45) is 0 Å². The number of rotatable bonds is 2. The molecule has 2 heterocycles. The predicted octanol–water partition coefficient (Wildman–Crippen LogP) is 0.996. The van der Waals surface area contributed by atoms with E-state index in [1.54, 1.807) is 17.2 Å². The molecule has 0 spiro atoms. The number of aromatic nitrogens is 2. The molecule has 1 amide bonds. The minimum Gasteiger partial charge on any atom is -0.503 e. The highest BCUT2D eigenvalue weighted by atomic mass is 16.3. The fourth-order valence-corrected chi connectivity index (χ4v) is 1.67. The van der Waals surface area contributed by atoms with E-state index < -0.39 is 0 Å². The average molecular weight is 219 g/mol. The van der Waals surface area contributed by atoms with Crippen LogP contribution < -0.4 is 0 Å². The topological polar surface area (TPSA) is 66.3 Å². The van der Waals surface area contributed by atoms with Crippen molar-refractivity contribution in [2.45, 2.75) is 19.9 Å². The van der Waals surface area contributed by atoms with Crippen molar-refractivity contribution in [3.05, 3.63) is 30.0 Å². The van der Waals surface area contributed by atoms with Crippen LogP contribution in [0.2, 0.25) is 0 Å². The third kappa shape index (κ3) is 1.64. The molecule has 0 aromatic carbocycles. The van der Waals surface area contributed by atoms with Crippen molar-refractivity contribution in [1.82, 2.24) is 14.9 Å². The van der Waals surface area contributed by atoms with Crippen LogP contribution in [0.25, 0.3) is 5.57 Å². The summed E-state index contributed by atoms with van der Waals surface area (Å²) in [6.07, 6.45) is 2.99. The lowest BCUT2D eigenvalue weighted by atomic mass is 10.2. The third-order valence-corrected chi connectivity index (χ3v) is 2.59. The molecule has 0 atom stereocenters. The largest absolute Gasteiger partial charge is 0.503 e. The second kappa shape index (κ2) is 3.92. The fraction of sp³-hybridized carbons (Fsp3) is 0.364. The predicted molar refractivity (Wildman–Crippen MR) is 58.4 cm³/mol. The SMILES string of the molecule is CC(C)N1CC(c2ccncn2)=C(O)C1=O. The van der Waals surface area contributed by atoms with Crippen molar-refractivity contribution < 1.29 is 9.90 Å². The van der Waals surface area contributed by atoms with E-state index >= 15 is 0 Å². The van der Waals surface area contributed by atoms with Gasteiger partial charge >= 0.3 is 0 Å². The zero-order valence-electron chi connectivity index (χ0n) is 9.21. The van der Waals surface area contributed by atoms with Crippen molar-refractivity contribution >= 4 is 11.5 Å². The normalized spacial score (nSPS) is 16.4. The van der Waals surface area contributed by atoms with Crippen molar-refractivity contribution in [2.75, 3.05) is 6.54 Å². The highest BCUT2D eigenvalue weighted by molar-refractivity contribution is 6.03. The summed E-state index contributed by atoms with van der Waals surface area (Å²) in [7, 11) is 0. The van der Waals surface area contributed by atoms with Crippen LogP contribution in [0.4, 0.5) is 0 Å². The standard InChI is InChI=1S/C11H13N3O2/c1-7(2)14-5-8(10(15)11(14)16)9-3-4-12-6-13-9/h3-4,6-7,15H,5H2,1-2H3. The summed E-state index contributed by atoms with van der Waals surface area (Å²) in [4.78, 5) is 21.1. The molecular weight excluding hydrogens is 206 g/mol. The number of hydrogen-bond acceptors (Lipinski definition) is 4. The molecule has 0 radical (unpaired) electrons. The lowest BCUT2D eigenvalue weighted by molar-refractivity contribution is -0.129. The van der Waals surface area contributed by atoms with Gasteiger partial charge in [0.05, 0.1) is 12.2 Å². The molecule has 0 saturated carbocycles. The molecule has 1 aliphatic heterocycles. The molecular formula is C11H13N3O2. The zero-order chi connectivity index (χ0) is 11.7. The summed E-state index contributed by atoms with van der Waals surface area (Å²) >= 11 is 0. The number of carbonyl (C=O) groups is 1.